The van der Waals surface area contributed by atoms with E-state index in [1.807, 2.05) is 6.92 Å². The number of para-hydroxylation sites is 1. The summed E-state index contributed by atoms with van der Waals surface area (Å²) in [5, 5.41) is 13.3. The molecule has 1 saturated heterocycles. The Balaban J connectivity index is 1.75. The fraction of sp³-hybridized carbons (Fsp3) is 0.200. The Labute approximate surface area is 161 Å². The van der Waals surface area contributed by atoms with Crippen molar-refractivity contribution in [2.45, 2.75) is 20.0 Å². The van der Waals surface area contributed by atoms with Gasteiger partial charge >= 0.3 is 6.03 Å². The zero-order chi connectivity index (χ0) is 20.1. The standard InChI is InChI=1S/C20H19N3O5/c1-2-11-22-19(24)17(21-20(22)25)12-15-5-3-4-6-18(15)28-13-14-7-9-16(10-8-14)23(26)27/h3-10,12H,2,11,13H2,1H3,(H,21,25)/b17-12+. The lowest BCUT2D eigenvalue weighted by molar-refractivity contribution is -0.384. The monoisotopic (exact) mass is 381 g/mol. The molecule has 1 aliphatic heterocycles. The molecule has 1 N–H and O–H groups in total. The summed E-state index contributed by atoms with van der Waals surface area (Å²) in [6, 6.07) is 12.8. The quantitative estimate of drug-likeness (QED) is 0.342. The Bertz CT molecular complexity index is 937. The van der Waals surface area contributed by atoms with Gasteiger partial charge in [0.15, 0.2) is 0 Å². The van der Waals surface area contributed by atoms with Crippen molar-refractivity contribution in [3.05, 3.63) is 75.5 Å². The molecule has 0 aromatic heterocycles. The summed E-state index contributed by atoms with van der Waals surface area (Å²) < 4.78 is 5.82. The molecular weight excluding hydrogens is 362 g/mol. The summed E-state index contributed by atoms with van der Waals surface area (Å²) in [7, 11) is 0. The average Bonchev–Trinajstić information content (AvgIpc) is 2.95. The molecule has 144 valence electrons. The van der Waals surface area contributed by atoms with Crippen LogP contribution in [-0.4, -0.2) is 28.3 Å². The number of nitro benzene ring substituents is 1. The molecule has 8 nitrogen and oxygen atoms in total. The first kappa shape index (κ1) is 19.1. The second-order valence-corrected chi connectivity index (χ2v) is 6.20. The van der Waals surface area contributed by atoms with Crippen molar-refractivity contribution in [3.8, 4) is 5.75 Å². The van der Waals surface area contributed by atoms with Gasteiger partial charge in [-0.05, 0) is 36.3 Å². The SMILES string of the molecule is CCCN1C(=O)N/C(=C/c2ccccc2OCc2ccc([N+](=O)[O-])cc2)C1=O. The van der Waals surface area contributed by atoms with E-state index in [2.05, 4.69) is 5.32 Å². The molecule has 0 radical (unpaired) electrons. The van der Waals surface area contributed by atoms with Gasteiger partial charge in [0.2, 0.25) is 0 Å². The molecule has 0 unspecified atom stereocenters. The number of nitro groups is 1. The lowest BCUT2D eigenvalue weighted by Gasteiger charge is -2.10. The lowest BCUT2D eigenvalue weighted by atomic mass is 10.1. The molecule has 1 aliphatic rings. The third-order valence-corrected chi connectivity index (χ3v) is 4.17. The molecule has 28 heavy (non-hydrogen) atoms. The van der Waals surface area contributed by atoms with Gasteiger partial charge < -0.3 is 10.1 Å². The number of ether oxygens (including phenoxy) is 1. The number of carbonyl (C=O) groups excluding carboxylic acids is 2. The zero-order valence-corrected chi connectivity index (χ0v) is 15.3. The van der Waals surface area contributed by atoms with Crippen molar-refractivity contribution in [2.24, 2.45) is 0 Å². The molecule has 2 aromatic rings. The molecule has 3 rings (SSSR count). The van der Waals surface area contributed by atoms with Crippen LogP contribution in [0.25, 0.3) is 6.08 Å². The Kier molecular flexibility index (Phi) is 5.69. The maximum absolute atomic E-state index is 12.4. The molecule has 0 spiro atoms. The van der Waals surface area contributed by atoms with Gasteiger partial charge in [-0.3, -0.25) is 19.8 Å². The molecule has 0 atom stereocenters. The van der Waals surface area contributed by atoms with E-state index < -0.39 is 11.0 Å². The van der Waals surface area contributed by atoms with Crippen LogP contribution < -0.4 is 10.1 Å². The number of amides is 3. The van der Waals surface area contributed by atoms with E-state index in [-0.39, 0.29) is 23.9 Å². The van der Waals surface area contributed by atoms with Crippen molar-refractivity contribution in [2.75, 3.05) is 6.54 Å². The topological polar surface area (TPSA) is 102 Å². The van der Waals surface area contributed by atoms with Crippen molar-refractivity contribution in [1.29, 1.82) is 0 Å². The van der Waals surface area contributed by atoms with Crippen LogP contribution in [0.4, 0.5) is 10.5 Å². The number of nitrogens with zero attached hydrogens (tertiary/aromatic N) is 2. The summed E-state index contributed by atoms with van der Waals surface area (Å²) in [6.45, 7) is 2.46. The zero-order valence-electron chi connectivity index (χ0n) is 15.3. The summed E-state index contributed by atoms with van der Waals surface area (Å²) in [6.07, 6.45) is 2.27. The second-order valence-electron chi connectivity index (χ2n) is 6.20. The fourth-order valence-corrected chi connectivity index (χ4v) is 2.76. The molecule has 0 saturated carbocycles. The Morgan fingerprint density at radius 1 is 1.14 bits per heavy atom. The predicted molar refractivity (Wildman–Crippen MR) is 102 cm³/mol. The Hall–Kier alpha value is -3.68. The van der Waals surface area contributed by atoms with Crippen LogP contribution in [0.15, 0.2) is 54.2 Å². The summed E-state index contributed by atoms with van der Waals surface area (Å²) in [5.74, 6) is 0.168. The first-order chi connectivity index (χ1) is 13.5. The highest BCUT2D eigenvalue weighted by Gasteiger charge is 2.32. The smallest absolute Gasteiger partial charge is 0.329 e. The summed E-state index contributed by atoms with van der Waals surface area (Å²) in [5.41, 5.74) is 1.63. The van der Waals surface area contributed by atoms with Gasteiger partial charge in [-0.15, -0.1) is 0 Å². The third kappa shape index (κ3) is 4.17. The molecule has 8 heteroatoms. The van der Waals surface area contributed by atoms with Crippen LogP contribution in [0.5, 0.6) is 5.75 Å². The lowest BCUT2D eigenvalue weighted by Crippen LogP contribution is -2.31. The molecule has 0 aliphatic carbocycles. The highest BCUT2D eigenvalue weighted by Crippen LogP contribution is 2.24. The highest BCUT2D eigenvalue weighted by atomic mass is 16.6. The minimum absolute atomic E-state index is 0.0148. The van der Waals surface area contributed by atoms with Crippen molar-refractivity contribution >= 4 is 23.7 Å². The van der Waals surface area contributed by atoms with Crippen molar-refractivity contribution in [1.82, 2.24) is 10.2 Å². The molecule has 2 aromatic carbocycles. The Morgan fingerprint density at radius 3 is 2.54 bits per heavy atom. The number of nitrogens with one attached hydrogen (secondary N) is 1. The highest BCUT2D eigenvalue weighted by molar-refractivity contribution is 6.14. The maximum atomic E-state index is 12.4. The van der Waals surface area contributed by atoms with Gasteiger partial charge in [-0.2, -0.15) is 0 Å². The van der Waals surface area contributed by atoms with Crippen LogP contribution >= 0.6 is 0 Å². The molecule has 3 amide bonds. The normalized spacial score (nSPS) is 15.0. The van der Waals surface area contributed by atoms with Crippen LogP contribution in [0.3, 0.4) is 0 Å². The number of rotatable bonds is 7. The molecule has 1 fully saturated rings. The molecule has 1 heterocycles. The van der Waals surface area contributed by atoms with Crippen molar-refractivity contribution < 1.29 is 19.2 Å². The number of imide groups is 1. The van der Waals surface area contributed by atoms with Gasteiger partial charge in [0.25, 0.3) is 11.6 Å². The van der Waals surface area contributed by atoms with Crippen LogP contribution in [0.2, 0.25) is 0 Å². The minimum atomic E-state index is -0.457. The second kappa shape index (κ2) is 8.34. The van der Waals surface area contributed by atoms with Crippen LogP contribution in [0, 0.1) is 10.1 Å². The van der Waals surface area contributed by atoms with Crippen molar-refractivity contribution in [3.63, 3.8) is 0 Å². The maximum Gasteiger partial charge on any atom is 0.329 e. The summed E-state index contributed by atoms with van der Waals surface area (Å²) >= 11 is 0. The van der Waals surface area contributed by atoms with Gasteiger partial charge in [0, 0.05) is 24.2 Å². The van der Waals surface area contributed by atoms with Crippen LogP contribution in [0.1, 0.15) is 24.5 Å². The van der Waals surface area contributed by atoms with E-state index in [1.165, 1.54) is 17.0 Å². The number of hydrogen-bond donors (Lipinski definition) is 1. The van der Waals surface area contributed by atoms with E-state index in [0.29, 0.717) is 24.3 Å². The largest absolute Gasteiger partial charge is 0.488 e. The first-order valence-corrected chi connectivity index (χ1v) is 8.79. The van der Waals surface area contributed by atoms with E-state index in [9.17, 15) is 19.7 Å². The number of benzene rings is 2. The average molecular weight is 381 g/mol. The van der Waals surface area contributed by atoms with Crippen LogP contribution in [-0.2, 0) is 11.4 Å². The van der Waals surface area contributed by atoms with Gasteiger partial charge in [0.1, 0.15) is 18.1 Å². The minimum Gasteiger partial charge on any atom is -0.488 e. The number of non-ortho nitro benzene ring substituents is 1. The molecule has 0 bridgehead atoms. The first-order valence-electron chi connectivity index (χ1n) is 8.79. The predicted octanol–water partition coefficient (Wildman–Crippen LogP) is 3.48. The van der Waals surface area contributed by atoms with E-state index in [4.69, 9.17) is 4.74 Å². The van der Waals surface area contributed by atoms with Gasteiger partial charge in [-0.25, -0.2) is 4.79 Å². The van der Waals surface area contributed by atoms with E-state index in [1.54, 1.807) is 42.5 Å². The van der Waals surface area contributed by atoms with E-state index in [0.717, 1.165) is 5.56 Å². The third-order valence-electron chi connectivity index (χ3n) is 4.17. The number of carbonyl (C=O) groups is 2. The summed E-state index contributed by atoms with van der Waals surface area (Å²) in [4.78, 5) is 35.7. The Morgan fingerprint density at radius 2 is 1.86 bits per heavy atom. The molecular formula is C20H19N3O5. The van der Waals surface area contributed by atoms with Gasteiger partial charge in [0.05, 0.1) is 4.92 Å². The number of hydrogen-bond acceptors (Lipinski definition) is 5. The number of urea groups is 1. The van der Waals surface area contributed by atoms with Gasteiger partial charge in [-0.1, -0.05) is 25.1 Å². The van der Waals surface area contributed by atoms with E-state index >= 15 is 0 Å². The fourth-order valence-electron chi connectivity index (χ4n) is 2.76.